The second-order valence-electron chi connectivity index (χ2n) is 7.44. The average molecular weight is 496 g/mol. The Hall–Kier alpha value is -3.48. The Kier molecular flexibility index (Phi) is 9.33. The van der Waals surface area contributed by atoms with E-state index >= 15 is 0 Å². The largest absolute Gasteiger partial charge is 0.508 e. The molecule has 0 atom stereocenters. The van der Waals surface area contributed by atoms with Crippen molar-refractivity contribution in [2.45, 2.75) is 20.8 Å². The van der Waals surface area contributed by atoms with Crippen molar-refractivity contribution in [1.82, 2.24) is 9.97 Å². The van der Waals surface area contributed by atoms with Crippen LogP contribution in [0.15, 0.2) is 84.9 Å². The summed E-state index contributed by atoms with van der Waals surface area (Å²) in [4.78, 5) is 8.45. The number of benzene rings is 3. The first kappa shape index (κ1) is 25.8. The van der Waals surface area contributed by atoms with Crippen molar-refractivity contribution >= 4 is 41.6 Å². The van der Waals surface area contributed by atoms with Gasteiger partial charge in [0.25, 0.3) is 0 Å². The summed E-state index contributed by atoms with van der Waals surface area (Å²) in [5, 5.41) is 29.6. The quantitative estimate of drug-likeness (QED) is 0.236. The predicted molar refractivity (Wildman–Crippen MR) is 135 cm³/mol. The van der Waals surface area contributed by atoms with Crippen LogP contribution < -0.4 is 0 Å². The molecule has 0 saturated heterocycles. The van der Waals surface area contributed by atoms with Crippen LogP contribution in [0.2, 0.25) is 0 Å². The van der Waals surface area contributed by atoms with Gasteiger partial charge >= 0.3 is 0 Å². The van der Waals surface area contributed by atoms with E-state index in [4.69, 9.17) is 5.11 Å². The first-order chi connectivity index (χ1) is 15.3. The van der Waals surface area contributed by atoms with Crippen LogP contribution in [-0.4, -0.2) is 45.1 Å². The van der Waals surface area contributed by atoms with Crippen LogP contribution in [0.5, 0.6) is 17.2 Å². The van der Waals surface area contributed by atoms with Crippen LogP contribution in [0.4, 0.5) is 0 Å². The molecule has 0 aliphatic carbocycles. The van der Waals surface area contributed by atoms with Gasteiger partial charge in [-0.1, -0.05) is 54.1 Å². The molecule has 0 aliphatic rings. The molecule has 3 N–H and O–H groups in total. The summed E-state index contributed by atoms with van der Waals surface area (Å²) in [7, 11) is 0. The smallest absolute Gasteiger partial charge is 0.141 e. The van der Waals surface area contributed by atoms with E-state index in [0.717, 1.165) is 22.2 Å². The van der Waals surface area contributed by atoms with Crippen molar-refractivity contribution in [3.8, 4) is 17.2 Å². The van der Waals surface area contributed by atoms with E-state index in [1.165, 1.54) is 5.56 Å². The Morgan fingerprint density at radius 2 is 0.939 bits per heavy atom. The SMILES string of the molecule is Cc1ccc(O)cc1.Cc1ccc2cccc(O)c2n1.Cc1ccc2cccc(O)c2n1.[Ga]. The maximum Gasteiger partial charge on any atom is 0.141 e. The van der Waals surface area contributed by atoms with Crippen LogP contribution >= 0.6 is 0 Å². The van der Waals surface area contributed by atoms with Crippen molar-refractivity contribution in [2.24, 2.45) is 0 Å². The molecule has 0 saturated carbocycles. The molecule has 0 aliphatic heterocycles. The summed E-state index contributed by atoms with van der Waals surface area (Å²) < 4.78 is 0. The van der Waals surface area contributed by atoms with Crippen LogP contribution in [0.3, 0.4) is 0 Å². The van der Waals surface area contributed by atoms with Crippen molar-refractivity contribution in [1.29, 1.82) is 0 Å². The molecule has 0 unspecified atom stereocenters. The molecule has 5 nitrogen and oxygen atoms in total. The van der Waals surface area contributed by atoms with Gasteiger partial charge in [0.15, 0.2) is 0 Å². The fourth-order valence-electron chi connectivity index (χ4n) is 3.00. The number of fused-ring (bicyclic) bond motifs is 2. The predicted octanol–water partition coefficient (Wildman–Crippen LogP) is 5.82. The van der Waals surface area contributed by atoms with Crippen molar-refractivity contribution in [3.63, 3.8) is 0 Å². The number of phenols is 3. The van der Waals surface area contributed by atoms with E-state index in [1.807, 2.05) is 81.4 Å². The Balaban J connectivity index is 0.000000177. The summed E-state index contributed by atoms with van der Waals surface area (Å²) in [6, 6.07) is 25.7. The normalized spacial score (nSPS) is 9.79. The second kappa shape index (κ2) is 11.9. The minimum absolute atomic E-state index is 0. The number of aryl methyl sites for hydroxylation is 3. The number of aromatic nitrogens is 2. The van der Waals surface area contributed by atoms with E-state index < -0.39 is 0 Å². The number of rotatable bonds is 0. The maximum atomic E-state index is 9.43. The number of para-hydroxylation sites is 2. The molecule has 3 radical (unpaired) electrons. The van der Waals surface area contributed by atoms with E-state index in [2.05, 4.69) is 9.97 Å². The Morgan fingerprint density at radius 1 is 0.515 bits per heavy atom. The van der Waals surface area contributed by atoms with Gasteiger partial charge in [0.2, 0.25) is 0 Å². The van der Waals surface area contributed by atoms with Gasteiger partial charge in [0.1, 0.15) is 28.3 Å². The van der Waals surface area contributed by atoms with E-state index in [0.29, 0.717) is 16.8 Å². The average Bonchev–Trinajstić information content (AvgIpc) is 2.78. The molecule has 6 heteroatoms. The van der Waals surface area contributed by atoms with E-state index in [9.17, 15) is 10.2 Å². The van der Waals surface area contributed by atoms with Crippen LogP contribution in [0.1, 0.15) is 17.0 Å². The molecule has 0 amide bonds. The minimum Gasteiger partial charge on any atom is -0.508 e. The third-order valence-corrected chi connectivity index (χ3v) is 4.71. The molecule has 0 bridgehead atoms. The first-order valence-electron chi connectivity index (χ1n) is 10.2. The molecule has 0 spiro atoms. The third-order valence-electron chi connectivity index (χ3n) is 4.71. The topological polar surface area (TPSA) is 86.5 Å². The Labute approximate surface area is 206 Å². The van der Waals surface area contributed by atoms with Gasteiger partial charge in [-0.15, -0.1) is 0 Å². The van der Waals surface area contributed by atoms with Gasteiger partial charge < -0.3 is 15.3 Å². The van der Waals surface area contributed by atoms with E-state index in [-0.39, 0.29) is 31.3 Å². The van der Waals surface area contributed by atoms with Crippen molar-refractivity contribution in [2.75, 3.05) is 0 Å². The second-order valence-corrected chi connectivity index (χ2v) is 7.44. The molecular weight excluding hydrogens is 470 g/mol. The fourth-order valence-corrected chi connectivity index (χ4v) is 3.00. The number of pyridine rings is 2. The summed E-state index contributed by atoms with van der Waals surface area (Å²) in [6.07, 6.45) is 0. The molecule has 2 aromatic heterocycles. The summed E-state index contributed by atoms with van der Waals surface area (Å²) >= 11 is 0. The molecule has 33 heavy (non-hydrogen) atoms. The Morgan fingerprint density at radius 3 is 1.33 bits per heavy atom. The standard InChI is InChI=1S/2C10H9NO.C7H8O.Ga/c2*1-7-5-6-8-3-2-4-9(12)10(8)11-7;1-6-2-4-7(8)5-3-6;/h2*2-6,12H,1H3;2-5,8H,1H3;. The number of nitrogens with zero attached hydrogens (tertiary/aromatic N) is 2. The number of phenolic OH excluding ortho intramolecular Hbond substituents is 3. The molecule has 5 rings (SSSR count). The van der Waals surface area contributed by atoms with Crippen LogP contribution in [0, 0.1) is 20.8 Å². The minimum atomic E-state index is 0. The summed E-state index contributed by atoms with van der Waals surface area (Å²) in [5.41, 5.74) is 4.37. The third kappa shape index (κ3) is 7.27. The van der Waals surface area contributed by atoms with Gasteiger partial charge in [0.05, 0.1) is 0 Å². The van der Waals surface area contributed by atoms with Gasteiger partial charge in [0, 0.05) is 42.0 Å². The number of aromatic hydroxyl groups is 3. The fraction of sp³-hybridized carbons (Fsp3) is 0.111. The zero-order chi connectivity index (χ0) is 23.1. The van der Waals surface area contributed by atoms with E-state index in [1.54, 1.807) is 24.3 Å². The molecule has 0 fully saturated rings. The summed E-state index contributed by atoms with van der Waals surface area (Å²) in [5.74, 6) is 0.822. The number of hydrogen-bond donors (Lipinski definition) is 3. The molecule has 2 heterocycles. The zero-order valence-electron chi connectivity index (χ0n) is 18.9. The maximum absolute atomic E-state index is 9.43. The molecular formula is C27H26GaN2O3. The van der Waals surface area contributed by atoms with Crippen LogP contribution in [0.25, 0.3) is 21.8 Å². The van der Waals surface area contributed by atoms with Crippen molar-refractivity contribution in [3.05, 3.63) is 102 Å². The number of hydrogen-bond acceptors (Lipinski definition) is 5. The zero-order valence-corrected chi connectivity index (χ0v) is 21.3. The van der Waals surface area contributed by atoms with Gasteiger partial charge in [-0.05, 0) is 57.2 Å². The Bertz CT molecular complexity index is 1230. The van der Waals surface area contributed by atoms with Gasteiger partial charge in [-0.3, -0.25) is 0 Å². The van der Waals surface area contributed by atoms with Crippen LogP contribution in [-0.2, 0) is 0 Å². The summed E-state index contributed by atoms with van der Waals surface area (Å²) in [6.45, 7) is 5.80. The molecule has 3 aromatic carbocycles. The van der Waals surface area contributed by atoms with Gasteiger partial charge in [-0.2, -0.15) is 0 Å². The first-order valence-corrected chi connectivity index (χ1v) is 10.2. The van der Waals surface area contributed by atoms with Gasteiger partial charge in [-0.25, -0.2) is 9.97 Å². The van der Waals surface area contributed by atoms with Crippen molar-refractivity contribution < 1.29 is 15.3 Å². The monoisotopic (exact) mass is 495 g/mol. The molecule has 165 valence electrons. The molecule has 5 aromatic rings.